The zero-order chi connectivity index (χ0) is 11.3. The van der Waals surface area contributed by atoms with Gasteiger partial charge in [0.2, 0.25) is 0 Å². The molecule has 0 spiro atoms. The van der Waals surface area contributed by atoms with E-state index in [1.165, 1.54) is 12.8 Å². The first-order valence-corrected chi connectivity index (χ1v) is 5.89. The van der Waals surface area contributed by atoms with E-state index >= 15 is 0 Å². The topological polar surface area (TPSA) is 67.1 Å². The van der Waals surface area contributed by atoms with Gasteiger partial charge >= 0.3 is 6.03 Å². The molecule has 1 unspecified atom stereocenters. The van der Waals surface area contributed by atoms with Crippen LogP contribution in [-0.2, 0) is 0 Å². The second kappa shape index (κ2) is 5.95. The Balaban J connectivity index is 2.12. The van der Waals surface area contributed by atoms with Crippen LogP contribution in [0.3, 0.4) is 0 Å². The third kappa shape index (κ3) is 4.51. The monoisotopic (exact) mass is 213 g/mol. The Labute approximate surface area is 92.0 Å². The maximum atomic E-state index is 11.4. The van der Waals surface area contributed by atoms with Gasteiger partial charge in [-0.25, -0.2) is 4.79 Å². The average Bonchev–Trinajstić information content (AvgIpc) is 2.66. The minimum absolute atomic E-state index is 0.0410. The van der Waals surface area contributed by atoms with Gasteiger partial charge in [-0.3, -0.25) is 0 Å². The first-order valence-electron chi connectivity index (χ1n) is 5.89. The van der Waals surface area contributed by atoms with E-state index in [4.69, 9.17) is 5.73 Å². The highest BCUT2D eigenvalue weighted by molar-refractivity contribution is 5.74. The Bertz CT molecular complexity index is 200. The summed E-state index contributed by atoms with van der Waals surface area (Å²) >= 11 is 0. The maximum absolute atomic E-state index is 11.4. The van der Waals surface area contributed by atoms with Crippen LogP contribution in [0.4, 0.5) is 4.79 Å². The number of carbonyl (C=O) groups excluding carboxylic acids is 1. The van der Waals surface area contributed by atoms with Crippen molar-refractivity contribution in [1.82, 2.24) is 10.6 Å². The number of nitrogens with two attached hydrogens (primary N) is 1. The normalized spacial score (nSPS) is 19.2. The lowest BCUT2D eigenvalue weighted by Crippen LogP contribution is -2.46. The standard InChI is InChI=1S/C11H23N3O/c1-8(2)10(12)7-13-11(15)14-9-5-3-4-6-9/h8-10H,3-7,12H2,1-2H3,(H2,13,14,15). The fourth-order valence-corrected chi connectivity index (χ4v) is 1.75. The van der Waals surface area contributed by atoms with Crippen molar-refractivity contribution >= 4 is 6.03 Å². The molecule has 1 aliphatic rings. The second-order valence-electron chi connectivity index (χ2n) is 4.74. The fraction of sp³-hybridized carbons (Fsp3) is 0.909. The SMILES string of the molecule is CC(C)C(N)CNC(=O)NC1CCCC1. The summed E-state index contributed by atoms with van der Waals surface area (Å²) in [5.74, 6) is 0.400. The molecule has 0 aliphatic heterocycles. The van der Waals surface area contributed by atoms with Crippen molar-refractivity contribution in [3.8, 4) is 0 Å². The highest BCUT2D eigenvalue weighted by Gasteiger charge is 2.17. The van der Waals surface area contributed by atoms with E-state index in [9.17, 15) is 4.79 Å². The molecule has 0 saturated heterocycles. The van der Waals surface area contributed by atoms with Gasteiger partial charge in [0, 0.05) is 18.6 Å². The molecule has 4 heteroatoms. The first kappa shape index (κ1) is 12.3. The van der Waals surface area contributed by atoms with E-state index < -0.39 is 0 Å². The fourth-order valence-electron chi connectivity index (χ4n) is 1.75. The summed E-state index contributed by atoms with van der Waals surface area (Å²) < 4.78 is 0. The molecule has 0 heterocycles. The molecule has 1 atom stereocenters. The molecule has 0 bridgehead atoms. The van der Waals surface area contributed by atoms with Gasteiger partial charge in [-0.1, -0.05) is 26.7 Å². The van der Waals surface area contributed by atoms with Crippen LogP contribution in [0.25, 0.3) is 0 Å². The molecule has 88 valence electrons. The van der Waals surface area contributed by atoms with Gasteiger partial charge in [0.05, 0.1) is 0 Å². The van der Waals surface area contributed by atoms with E-state index in [0.29, 0.717) is 18.5 Å². The summed E-state index contributed by atoms with van der Waals surface area (Å²) in [5, 5.41) is 5.78. The summed E-state index contributed by atoms with van der Waals surface area (Å²) in [6.45, 7) is 4.67. The molecule has 0 radical (unpaired) electrons. The highest BCUT2D eigenvalue weighted by atomic mass is 16.2. The van der Waals surface area contributed by atoms with Gasteiger partial charge in [-0.2, -0.15) is 0 Å². The van der Waals surface area contributed by atoms with Crippen molar-refractivity contribution in [2.24, 2.45) is 11.7 Å². The molecule has 15 heavy (non-hydrogen) atoms. The smallest absolute Gasteiger partial charge is 0.315 e. The van der Waals surface area contributed by atoms with Crippen molar-refractivity contribution in [2.45, 2.75) is 51.6 Å². The Kier molecular flexibility index (Phi) is 4.88. The van der Waals surface area contributed by atoms with Gasteiger partial charge in [-0.05, 0) is 18.8 Å². The van der Waals surface area contributed by atoms with Gasteiger partial charge < -0.3 is 16.4 Å². The Morgan fingerprint density at radius 2 is 2.00 bits per heavy atom. The molecule has 0 aromatic carbocycles. The minimum atomic E-state index is -0.0713. The van der Waals surface area contributed by atoms with Crippen molar-refractivity contribution in [2.75, 3.05) is 6.54 Å². The molecular formula is C11H23N3O. The quantitative estimate of drug-likeness (QED) is 0.657. The van der Waals surface area contributed by atoms with Crippen molar-refractivity contribution in [1.29, 1.82) is 0 Å². The van der Waals surface area contributed by atoms with E-state index in [1.807, 2.05) is 0 Å². The molecule has 4 nitrogen and oxygen atoms in total. The van der Waals surface area contributed by atoms with Crippen LogP contribution < -0.4 is 16.4 Å². The molecule has 0 aromatic heterocycles. The van der Waals surface area contributed by atoms with Gasteiger partial charge in [0.25, 0.3) is 0 Å². The molecule has 2 amide bonds. The third-order valence-electron chi connectivity index (χ3n) is 3.05. The average molecular weight is 213 g/mol. The Morgan fingerprint density at radius 3 is 2.53 bits per heavy atom. The van der Waals surface area contributed by atoms with Crippen LogP contribution in [0.1, 0.15) is 39.5 Å². The van der Waals surface area contributed by atoms with E-state index in [1.54, 1.807) is 0 Å². The molecule has 1 rings (SSSR count). The number of hydrogen-bond donors (Lipinski definition) is 3. The van der Waals surface area contributed by atoms with Crippen molar-refractivity contribution in [3.63, 3.8) is 0 Å². The predicted molar refractivity (Wildman–Crippen MR) is 61.6 cm³/mol. The summed E-state index contributed by atoms with van der Waals surface area (Å²) in [4.78, 5) is 11.4. The van der Waals surface area contributed by atoms with Crippen LogP contribution >= 0.6 is 0 Å². The Hall–Kier alpha value is -0.770. The lowest BCUT2D eigenvalue weighted by Gasteiger charge is -2.18. The number of amides is 2. The van der Waals surface area contributed by atoms with Crippen LogP contribution in [0.5, 0.6) is 0 Å². The summed E-state index contributed by atoms with van der Waals surface area (Å²) in [6.07, 6.45) is 4.69. The molecular weight excluding hydrogens is 190 g/mol. The van der Waals surface area contributed by atoms with Crippen LogP contribution in [0.2, 0.25) is 0 Å². The highest BCUT2D eigenvalue weighted by Crippen LogP contribution is 2.17. The third-order valence-corrected chi connectivity index (χ3v) is 3.05. The van der Waals surface area contributed by atoms with E-state index in [0.717, 1.165) is 12.8 Å². The van der Waals surface area contributed by atoms with Crippen LogP contribution in [0.15, 0.2) is 0 Å². The minimum Gasteiger partial charge on any atom is -0.337 e. The van der Waals surface area contributed by atoms with Gasteiger partial charge in [-0.15, -0.1) is 0 Å². The second-order valence-corrected chi connectivity index (χ2v) is 4.74. The molecule has 0 aromatic rings. The summed E-state index contributed by atoms with van der Waals surface area (Å²) in [5.41, 5.74) is 5.83. The number of hydrogen-bond acceptors (Lipinski definition) is 2. The van der Waals surface area contributed by atoms with Crippen molar-refractivity contribution in [3.05, 3.63) is 0 Å². The number of urea groups is 1. The van der Waals surface area contributed by atoms with Gasteiger partial charge in [0.1, 0.15) is 0 Å². The maximum Gasteiger partial charge on any atom is 0.315 e. The van der Waals surface area contributed by atoms with Crippen LogP contribution in [0, 0.1) is 5.92 Å². The number of rotatable bonds is 4. The molecule has 4 N–H and O–H groups in total. The largest absolute Gasteiger partial charge is 0.337 e. The lowest BCUT2D eigenvalue weighted by molar-refractivity contribution is 0.235. The molecule has 1 fully saturated rings. The van der Waals surface area contributed by atoms with E-state index in [2.05, 4.69) is 24.5 Å². The predicted octanol–water partition coefficient (Wildman–Crippen LogP) is 1.21. The van der Waals surface area contributed by atoms with E-state index in [-0.39, 0.29) is 12.1 Å². The zero-order valence-corrected chi connectivity index (χ0v) is 9.75. The molecule has 1 aliphatic carbocycles. The summed E-state index contributed by atoms with van der Waals surface area (Å²) in [7, 11) is 0. The number of carbonyl (C=O) groups is 1. The summed E-state index contributed by atoms with van der Waals surface area (Å²) in [6, 6.07) is 0.345. The zero-order valence-electron chi connectivity index (χ0n) is 9.75. The van der Waals surface area contributed by atoms with Gasteiger partial charge in [0.15, 0.2) is 0 Å². The van der Waals surface area contributed by atoms with Crippen molar-refractivity contribution < 1.29 is 4.79 Å². The lowest BCUT2D eigenvalue weighted by atomic mass is 10.1. The number of nitrogens with one attached hydrogen (secondary N) is 2. The van der Waals surface area contributed by atoms with Crippen LogP contribution in [-0.4, -0.2) is 24.7 Å². The Morgan fingerprint density at radius 1 is 1.40 bits per heavy atom. The first-order chi connectivity index (χ1) is 7.09. The molecule has 1 saturated carbocycles.